The summed E-state index contributed by atoms with van der Waals surface area (Å²) in [6.45, 7) is 1.76. The van der Waals surface area contributed by atoms with Gasteiger partial charge < -0.3 is 10.6 Å². The maximum atomic E-state index is 12.8. The van der Waals surface area contributed by atoms with Gasteiger partial charge >= 0.3 is 11.8 Å². The fourth-order valence-corrected chi connectivity index (χ4v) is 2.59. The highest BCUT2D eigenvalue weighted by atomic mass is 19.1. The number of nitrogens with one attached hydrogen (secondary N) is 2. The Bertz CT molecular complexity index is 496. The zero-order valence-electron chi connectivity index (χ0n) is 12.2. The Morgan fingerprint density at radius 1 is 1.10 bits per heavy atom. The lowest BCUT2D eigenvalue weighted by Gasteiger charge is -2.23. The first kappa shape index (κ1) is 15.5. The molecule has 0 radical (unpaired) electrons. The summed E-state index contributed by atoms with van der Waals surface area (Å²) >= 11 is 0. The maximum absolute atomic E-state index is 12.8. The van der Waals surface area contributed by atoms with Gasteiger partial charge in [0.25, 0.3) is 0 Å². The van der Waals surface area contributed by atoms with Crippen molar-refractivity contribution >= 4 is 11.8 Å². The molecule has 114 valence electrons. The molecule has 1 fully saturated rings. The van der Waals surface area contributed by atoms with Crippen LogP contribution in [0.3, 0.4) is 0 Å². The smallest absolute Gasteiger partial charge is 0.309 e. The quantitative estimate of drug-likeness (QED) is 0.841. The molecule has 1 aliphatic carbocycles. The van der Waals surface area contributed by atoms with E-state index in [1.807, 2.05) is 0 Å². The molecule has 5 heteroatoms. The molecule has 4 nitrogen and oxygen atoms in total. The van der Waals surface area contributed by atoms with Gasteiger partial charge in [-0.15, -0.1) is 0 Å². The summed E-state index contributed by atoms with van der Waals surface area (Å²) in [5.41, 5.74) is 0.759. The monoisotopic (exact) mass is 292 g/mol. The summed E-state index contributed by atoms with van der Waals surface area (Å²) in [6, 6.07) is 5.63. The van der Waals surface area contributed by atoms with Crippen LogP contribution in [0.5, 0.6) is 0 Å². The van der Waals surface area contributed by atoms with E-state index in [0.29, 0.717) is 0 Å². The van der Waals surface area contributed by atoms with Crippen LogP contribution in [0, 0.1) is 5.82 Å². The van der Waals surface area contributed by atoms with Crippen LogP contribution in [0.4, 0.5) is 4.39 Å². The van der Waals surface area contributed by atoms with E-state index >= 15 is 0 Å². The molecule has 0 saturated heterocycles. The maximum Gasteiger partial charge on any atom is 0.309 e. The van der Waals surface area contributed by atoms with Gasteiger partial charge in [-0.05, 0) is 37.5 Å². The van der Waals surface area contributed by atoms with Gasteiger partial charge in [-0.2, -0.15) is 0 Å². The van der Waals surface area contributed by atoms with E-state index in [4.69, 9.17) is 0 Å². The molecule has 0 aliphatic heterocycles. The van der Waals surface area contributed by atoms with Crippen molar-refractivity contribution in [3.05, 3.63) is 35.6 Å². The number of hydrogen-bond acceptors (Lipinski definition) is 2. The number of benzene rings is 1. The van der Waals surface area contributed by atoms with Gasteiger partial charge in [0.05, 0.1) is 6.04 Å². The lowest BCUT2D eigenvalue weighted by atomic mass is 9.95. The van der Waals surface area contributed by atoms with Crippen molar-refractivity contribution < 1.29 is 14.0 Å². The van der Waals surface area contributed by atoms with Crippen molar-refractivity contribution in [2.45, 2.75) is 51.1 Å². The Labute approximate surface area is 124 Å². The molecule has 1 saturated carbocycles. The summed E-state index contributed by atoms with van der Waals surface area (Å²) < 4.78 is 12.8. The van der Waals surface area contributed by atoms with Gasteiger partial charge in [0.1, 0.15) is 5.82 Å². The molecule has 0 unspecified atom stereocenters. The molecule has 0 bridgehead atoms. The lowest BCUT2D eigenvalue weighted by molar-refractivity contribution is -0.140. The van der Waals surface area contributed by atoms with Gasteiger partial charge in [-0.1, -0.05) is 31.4 Å². The third kappa shape index (κ3) is 4.55. The van der Waals surface area contributed by atoms with Gasteiger partial charge in [-0.3, -0.25) is 9.59 Å². The standard InChI is InChI=1S/C16H21FN2O2/c1-11(12-7-9-13(17)10-8-12)18-15(20)16(21)19-14-5-3-2-4-6-14/h7-11,14H,2-6H2,1H3,(H,18,20)(H,19,21)/t11-/m1/s1. The predicted octanol–water partition coefficient (Wildman–Crippen LogP) is 2.45. The molecular formula is C16H21FN2O2. The highest BCUT2D eigenvalue weighted by molar-refractivity contribution is 6.35. The Balaban J connectivity index is 1.84. The van der Waals surface area contributed by atoms with Crippen molar-refractivity contribution in [3.8, 4) is 0 Å². The molecule has 2 amide bonds. The average Bonchev–Trinajstić information content (AvgIpc) is 2.48. The summed E-state index contributed by atoms with van der Waals surface area (Å²) in [4.78, 5) is 23.7. The first-order chi connectivity index (χ1) is 10.1. The Hall–Kier alpha value is -1.91. The van der Waals surface area contributed by atoms with E-state index in [0.717, 1.165) is 31.2 Å². The third-order valence-electron chi connectivity index (χ3n) is 3.86. The van der Waals surface area contributed by atoms with Crippen LogP contribution in [0.25, 0.3) is 0 Å². The molecule has 1 aromatic carbocycles. The minimum absolute atomic E-state index is 0.109. The van der Waals surface area contributed by atoms with Gasteiger partial charge in [0.15, 0.2) is 0 Å². The van der Waals surface area contributed by atoms with E-state index in [2.05, 4.69) is 10.6 Å². The van der Waals surface area contributed by atoms with Gasteiger partial charge in [0.2, 0.25) is 0 Å². The molecule has 0 spiro atoms. The third-order valence-corrected chi connectivity index (χ3v) is 3.86. The van der Waals surface area contributed by atoms with Crippen LogP contribution in [0.15, 0.2) is 24.3 Å². The van der Waals surface area contributed by atoms with Crippen molar-refractivity contribution in [3.63, 3.8) is 0 Å². The number of hydrogen-bond donors (Lipinski definition) is 2. The molecule has 2 rings (SSSR count). The van der Waals surface area contributed by atoms with Crippen LogP contribution in [0.2, 0.25) is 0 Å². The highest BCUT2D eigenvalue weighted by Crippen LogP contribution is 2.17. The second-order valence-corrected chi connectivity index (χ2v) is 5.56. The number of rotatable bonds is 3. The van der Waals surface area contributed by atoms with Crippen molar-refractivity contribution in [1.82, 2.24) is 10.6 Å². The van der Waals surface area contributed by atoms with Crippen LogP contribution >= 0.6 is 0 Å². The SMILES string of the molecule is C[C@@H](NC(=O)C(=O)NC1CCCCC1)c1ccc(F)cc1. The zero-order valence-corrected chi connectivity index (χ0v) is 12.2. The van der Waals surface area contributed by atoms with Crippen molar-refractivity contribution in [1.29, 1.82) is 0 Å². The molecule has 1 aromatic rings. The van der Waals surface area contributed by atoms with Crippen LogP contribution < -0.4 is 10.6 Å². The second-order valence-electron chi connectivity index (χ2n) is 5.56. The molecule has 0 aromatic heterocycles. The fraction of sp³-hybridized carbons (Fsp3) is 0.500. The summed E-state index contributed by atoms with van der Waals surface area (Å²) in [6.07, 6.45) is 5.26. The van der Waals surface area contributed by atoms with E-state index in [-0.39, 0.29) is 17.9 Å². The van der Waals surface area contributed by atoms with Crippen LogP contribution in [0.1, 0.15) is 50.6 Å². The number of halogens is 1. The van der Waals surface area contributed by atoms with E-state index < -0.39 is 11.8 Å². The zero-order chi connectivity index (χ0) is 15.2. The lowest BCUT2D eigenvalue weighted by Crippen LogP contribution is -2.45. The van der Waals surface area contributed by atoms with Crippen LogP contribution in [-0.4, -0.2) is 17.9 Å². The van der Waals surface area contributed by atoms with E-state index in [9.17, 15) is 14.0 Å². The Morgan fingerprint density at radius 3 is 2.33 bits per heavy atom. The predicted molar refractivity (Wildman–Crippen MR) is 78.0 cm³/mol. The first-order valence-electron chi connectivity index (χ1n) is 7.43. The molecule has 1 aliphatic rings. The molecule has 1 atom stereocenters. The number of carbonyl (C=O) groups is 2. The molecular weight excluding hydrogens is 271 g/mol. The van der Waals surface area contributed by atoms with Crippen molar-refractivity contribution in [2.75, 3.05) is 0 Å². The molecule has 21 heavy (non-hydrogen) atoms. The first-order valence-corrected chi connectivity index (χ1v) is 7.43. The van der Waals surface area contributed by atoms with Crippen molar-refractivity contribution in [2.24, 2.45) is 0 Å². The minimum atomic E-state index is -0.641. The summed E-state index contributed by atoms with van der Waals surface area (Å²) in [7, 11) is 0. The van der Waals surface area contributed by atoms with Crippen LogP contribution in [-0.2, 0) is 9.59 Å². The summed E-state index contributed by atoms with van der Waals surface area (Å²) in [5.74, 6) is -1.56. The van der Waals surface area contributed by atoms with E-state index in [1.165, 1.54) is 18.6 Å². The van der Waals surface area contributed by atoms with E-state index in [1.54, 1.807) is 19.1 Å². The number of amides is 2. The summed E-state index contributed by atoms with van der Waals surface area (Å²) in [5, 5.41) is 5.41. The molecule has 0 heterocycles. The van der Waals surface area contributed by atoms with Gasteiger partial charge in [0, 0.05) is 6.04 Å². The Kier molecular flexibility index (Phi) is 5.31. The largest absolute Gasteiger partial charge is 0.345 e. The number of carbonyl (C=O) groups excluding carboxylic acids is 2. The van der Waals surface area contributed by atoms with Gasteiger partial charge in [-0.25, -0.2) is 4.39 Å². The normalized spacial score (nSPS) is 17.0. The average molecular weight is 292 g/mol. The topological polar surface area (TPSA) is 58.2 Å². The fourth-order valence-electron chi connectivity index (χ4n) is 2.59. The highest BCUT2D eigenvalue weighted by Gasteiger charge is 2.21. The molecule has 2 N–H and O–H groups in total. The Morgan fingerprint density at radius 2 is 1.71 bits per heavy atom. The second kappa shape index (κ2) is 7.20. The minimum Gasteiger partial charge on any atom is -0.345 e.